The summed E-state index contributed by atoms with van der Waals surface area (Å²) in [5, 5.41) is 0. The smallest absolute Gasteiger partial charge is 0.141 e. The fourth-order valence-electron chi connectivity index (χ4n) is 6.95. The molecule has 1 heteroatoms. The second-order valence-corrected chi connectivity index (χ2v) is 9.56. The molecule has 0 saturated heterocycles. The molecule has 3 saturated carbocycles. The molecule has 4 rings (SSSR count). The summed E-state index contributed by atoms with van der Waals surface area (Å²) in [4.78, 5) is 12.7. The Kier molecular flexibility index (Phi) is 3.20. The van der Waals surface area contributed by atoms with Crippen molar-refractivity contribution >= 4 is 5.78 Å². The molecule has 7 atom stereocenters. The van der Waals surface area contributed by atoms with Crippen molar-refractivity contribution in [3.8, 4) is 0 Å². The van der Waals surface area contributed by atoms with Crippen LogP contribution in [0.4, 0.5) is 0 Å². The third kappa shape index (κ3) is 1.80. The van der Waals surface area contributed by atoms with Gasteiger partial charge in [0, 0.05) is 11.3 Å². The summed E-state index contributed by atoms with van der Waals surface area (Å²) < 4.78 is 0. The number of carbonyl (C=O) groups excluding carboxylic acids is 1. The molecule has 0 aromatic heterocycles. The Hall–Kier alpha value is -0.590. The highest BCUT2D eigenvalue weighted by Gasteiger charge is 2.60. The van der Waals surface area contributed by atoms with Gasteiger partial charge in [-0.25, -0.2) is 0 Å². The van der Waals surface area contributed by atoms with E-state index in [4.69, 9.17) is 0 Å². The second-order valence-electron chi connectivity index (χ2n) is 9.56. The van der Waals surface area contributed by atoms with Gasteiger partial charge in [-0.15, -0.1) is 0 Å². The van der Waals surface area contributed by atoms with Gasteiger partial charge in [-0.2, -0.15) is 0 Å². The summed E-state index contributed by atoms with van der Waals surface area (Å²) in [5.41, 5.74) is 2.23. The summed E-state index contributed by atoms with van der Waals surface area (Å²) >= 11 is 0. The van der Waals surface area contributed by atoms with Crippen LogP contribution in [0, 0.1) is 40.4 Å². The molecular formula is C21H32O. The second kappa shape index (κ2) is 4.71. The van der Waals surface area contributed by atoms with E-state index in [0.29, 0.717) is 23.0 Å². The van der Waals surface area contributed by atoms with Gasteiger partial charge < -0.3 is 0 Å². The topological polar surface area (TPSA) is 17.1 Å². The Morgan fingerprint density at radius 3 is 2.55 bits per heavy atom. The van der Waals surface area contributed by atoms with Crippen LogP contribution in [0.2, 0.25) is 0 Å². The van der Waals surface area contributed by atoms with Gasteiger partial charge in [-0.3, -0.25) is 4.79 Å². The van der Waals surface area contributed by atoms with E-state index < -0.39 is 0 Å². The van der Waals surface area contributed by atoms with Crippen molar-refractivity contribution in [1.29, 1.82) is 0 Å². The van der Waals surface area contributed by atoms with Crippen molar-refractivity contribution in [2.24, 2.45) is 40.4 Å². The Morgan fingerprint density at radius 1 is 1.05 bits per heavy atom. The number of rotatable bonds is 0. The first-order chi connectivity index (χ1) is 10.4. The lowest BCUT2D eigenvalue weighted by atomic mass is 9.47. The molecule has 4 aliphatic rings. The molecule has 4 aliphatic carbocycles. The highest BCUT2D eigenvalue weighted by Crippen LogP contribution is 2.64. The first-order valence-electron chi connectivity index (χ1n) is 9.60. The van der Waals surface area contributed by atoms with Crippen molar-refractivity contribution in [2.75, 3.05) is 0 Å². The summed E-state index contributed by atoms with van der Waals surface area (Å²) in [6.07, 6.45) is 11.6. The molecule has 0 N–H and O–H groups in total. The lowest BCUT2D eigenvalue weighted by Gasteiger charge is -2.57. The third-order valence-corrected chi connectivity index (χ3v) is 8.36. The maximum absolute atomic E-state index is 12.7. The quantitative estimate of drug-likeness (QED) is 0.547. The third-order valence-electron chi connectivity index (χ3n) is 8.36. The lowest BCUT2D eigenvalue weighted by molar-refractivity contribution is -0.133. The maximum atomic E-state index is 12.7. The average Bonchev–Trinajstić information content (AvgIpc) is 2.72. The molecule has 0 aromatic carbocycles. The monoisotopic (exact) mass is 300 g/mol. The van der Waals surface area contributed by atoms with Crippen LogP contribution < -0.4 is 0 Å². The van der Waals surface area contributed by atoms with Crippen LogP contribution in [-0.2, 0) is 4.79 Å². The summed E-state index contributed by atoms with van der Waals surface area (Å²) in [7, 11) is 0. The maximum Gasteiger partial charge on any atom is 0.141 e. The van der Waals surface area contributed by atoms with Crippen LogP contribution >= 0.6 is 0 Å². The molecule has 1 nitrogen and oxygen atoms in total. The normalized spacial score (nSPS) is 54.3. The van der Waals surface area contributed by atoms with E-state index in [0.717, 1.165) is 30.6 Å². The summed E-state index contributed by atoms with van der Waals surface area (Å²) in [6.45, 7) is 9.45. The van der Waals surface area contributed by atoms with Crippen LogP contribution in [0.1, 0.15) is 72.6 Å². The van der Waals surface area contributed by atoms with Crippen molar-refractivity contribution in [1.82, 2.24) is 0 Å². The zero-order valence-corrected chi connectivity index (χ0v) is 14.8. The van der Waals surface area contributed by atoms with Crippen molar-refractivity contribution in [3.05, 3.63) is 11.6 Å². The number of allylic oxidation sites excluding steroid dienone is 2. The van der Waals surface area contributed by atoms with Gasteiger partial charge in [0.25, 0.3) is 0 Å². The van der Waals surface area contributed by atoms with E-state index in [1.807, 2.05) is 0 Å². The minimum atomic E-state index is 0.00421. The number of carbonyl (C=O) groups is 1. The fraction of sp³-hybridized carbons (Fsp3) is 0.857. The predicted octanol–water partition coefficient (Wildman–Crippen LogP) is 5.40. The molecule has 0 aromatic rings. The Labute approximate surface area is 135 Å². The first-order valence-corrected chi connectivity index (χ1v) is 9.60. The van der Waals surface area contributed by atoms with Crippen LogP contribution in [0.5, 0.6) is 0 Å². The van der Waals surface area contributed by atoms with E-state index in [1.165, 1.54) is 32.1 Å². The van der Waals surface area contributed by atoms with Gasteiger partial charge in [0.1, 0.15) is 5.78 Å². The van der Waals surface area contributed by atoms with Gasteiger partial charge in [-0.1, -0.05) is 39.3 Å². The molecule has 0 bridgehead atoms. The molecule has 0 amide bonds. The molecule has 0 aliphatic heterocycles. The van der Waals surface area contributed by atoms with E-state index >= 15 is 0 Å². The number of hydrogen-bond acceptors (Lipinski definition) is 1. The summed E-state index contributed by atoms with van der Waals surface area (Å²) in [5.74, 6) is 4.03. The molecule has 0 spiro atoms. The Morgan fingerprint density at radius 2 is 1.77 bits per heavy atom. The van der Waals surface area contributed by atoms with Crippen LogP contribution in [0.15, 0.2) is 11.6 Å². The first kappa shape index (κ1) is 15.0. The summed E-state index contributed by atoms with van der Waals surface area (Å²) in [6, 6.07) is 0. The van der Waals surface area contributed by atoms with Crippen LogP contribution in [-0.4, -0.2) is 5.78 Å². The van der Waals surface area contributed by atoms with E-state index in [1.54, 1.807) is 5.57 Å². The average molecular weight is 300 g/mol. The standard InChI is InChI=1S/C21H32O/c1-13-7-9-20(3)15(11-13)5-6-16-17(20)8-10-21(4)18(16)12-14(2)19(21)22/h5,13-14,16-18H,6-12H2,1-4H3/t13-,14+,16-,17+,18+,20+,21+/m1/s1. The molecule has 122 valence electrons. The largest absolute Gasteiger partial charge is 0.299 e. The zero-order chi connectivity index (χ0) is 15.7. The highest BCUT2D eigenvalue weighted by molar-refractivity contribution is 5.89. The van der Waals surface area contributed by atoms with E-state index in [9.17, 15) is 4.79 Å². The van der Waals surface area contributed by atoms with Gasteiger partial charge in [0.2, 0.25) is 0 Å². The molecule has 0 unspecified atom stereocenters. The van der Waals surface area contributed by atoms with Crippen molar-refractivity contribution in [2.45, 2.75) is 72.6 Å². The molecular weight excluding hydrogens is 268 g/mol. The van der Waals surface area contributed by atoms with Gasteiger partial charge in [-0.05, 0) is 74.0 Å². The Balaban J connectivity index is 1.70. The molecule has 3 fully saturated rings. The minimum Gasteiger partial charge on any atom is -0.299 e. The molecule has 0 radical (unpaired) electrons. The highest BCUT2D eigenvalue weighted by atomic mass is 16.1. The number of Topliss-reactive ketones (excluding diaryl/α,β-unsaturated/α-hetero) is 1. The lowest BCUT2D eigenvalue weighted by Crippen LogP contribution is -2.50. The zero-order valence-electron chi connectivity index (χ0n) is 14.8. The fourth-order valence-corrected chi connectivity index (χ4v) is 6.95. The minimum absolute atomic E-state index is 0.00421. The number of hydrogen-bond donors (Lipinski definition) is 0. The van der Waals surface area contributed by atoms with Crippen LogP contribution in [0.3, 0.4) is 0 Å². The number of fused-ring (bicyclic) bond motifs is 5. The van der Waals surface area contributed by atoms with Gasteiger partial charge in [0.05, 0.1) is 0 Å². The van der Waals surface area contributed by atoms with Crippen LogP contribution in [0.25, 0.3) is 0 Å². The Bertz CT molecular complexity index is 532. The van der Waals surface area contributed by atoms with Gasteiger partial charge in [0.15, 0.2) is 0 Å². The molecule has 0 heterocycles. The van der Waals surface area contributed by atoms with E-state index in [2.05, 4.69) is 33.8 Å². The van der Waals surface area contributed by atoms with Crippen molar-refractivity contribution < 1.29 is 4.79 Å². The number of ketones is 1. The predicted molar refractivity (Wildman–Crippen MR) is 90.4 cm³/mol. The molecule has 22 heavy (non-hydrogen) atoms. The van der Waals surface area contributed by atoms with Gasteiger partial charge >= 0.3 is 0 Å². The SMILES string of the molecule is C[C@@H]1CC[C@@]2(C)C(=CC[C@@H]3[C@@H]2CC[C@]2(C)C(=O)[C@@H](C)C[C@@H]32)C1. The van der Waals surface area contributed by atoms with Crippen molar-refractivity contribution in [3.63, 3.8) is 0 Å². The van der Waals surface area contributed by atoms with E-state index in [-0.39, 0.29) is 5.41 Å².